The number of aromatic nitrogens is 1. The molecule has 3 rings (SSSR count). The number of rotatable bonds is 5. The van der Waals surface area contributed by atoms with Crippen molar-refractivity contribution in [2.24, 2.45) is 5.10 Å². The van der Waals surface area contributed by atoms with Gasteiger partial charge in [0.2, 0.25) is 5.13 Å². The number of anilines is 1. The Kier molecular flexibility index (Phi) is 5.09. The highest BCUT2D eigenvalue weighted by Crippen LogP contribution is 2.32. The molecular formula is C16H14BrN3OS2. The minimum absolute atomic E-state index is 0.772. The Morgan fingerprint density at radius 3 is 2.96 bits per heavy atom. The van der Waals surface area contributed by atoms with Crippen molar-refractivity contribution in [2.75, 3.05) is 12.5 Å². The number of hydrogen-bond donors (Lipinski definition) is 1. The van der Waals surface area contributed by atoms with Gasteiger partial charge >= 0.3 is 0 Å². The summed E-state index contributed by atoms with van der Waals surface area (Å²) in [6.45, 7) is 2.07. The number of hydrogen-bond acceptors (Lipinski definition) is 6. The van der Waals surface area contributed by atoms with Gasteiger partial charge in [-0.2, -0.15) is 5.10 Å². The molecule has 4 nitrogen and oxygen atoms in total. The molecule has 0 atom stereocenters. The minimum Gasteiger partial charge on any atom is -0.496 e. The molecule has 2 heterocycles. The monoisotopic (exact) mass is 407 g/mol. The van der Waals surface area contributed by atoms with Crippen LogP contribution in [-0.2, 0) is 0 Å². The van der Waals surface area contributed by atoms with Crippen molar-refractivity contribution in [1.82, 2.24) is 4.98 Å². The number of thiazole rings is 1. The van der Waals surface area contributed by atoms with Gasteiger partial charge in [0, 0.05) is 14.9 Å². The molecule has 0 bridgehead atoms. The first-order chi connectivity index (χ1) is 11.2. The standard InChI is InChI=1S/C16H14BrN3OS2/c1-10-15(14-4-3-7-22-14)19-16(23-10)20-18-9-11-8-12(17)5-6-13(11)21-2/h3-9H,1-2H3,(H,19,20)/b18-9-. The van der Waals surface area contributed by atoms with E-state index in [0.717, 1.165) is 26.6 Å². The normalized spacial score (nSPS) is 11.1. The van der Waals surface area contributed by atoms with Gasteiger partial charge in [0.15, 0.2) is 0 Å². The summed E-state index contributed by atoms with van der Waals surface area (Å²) in [6.07, 6.45) is 1.73. The molecule has 0 spiro atoms. The van der Waals surface area contributed by atoms with E-state index in [1.165, 1.54) is 9.75 Å². The molecule has 1 aromatic carbocycles. The van der Waals surface area contributed by atoms with Crippen LogP contribution in [0.1, 0.15) is 10.4 Å². The summed E-state index contributed by atoms with van der Waals surface area (Å²) in [5.74, 6) is 0.772. The Balaban J connectivity index is 1.76. The highest BCUT2D eigenvalue weighted by molar-refractivity contribution is 9.10. The summed E-state index contributed by atoms with van der Waals surface area (Å²) in [4.78, 5) is 6.95. The van der Waals surface area contributed by atoms with Crippen molar-refractivity contribution in [2.45, 2.75) is 6.92 Å². The molecule has 0 aliphatic rings. The average molecular weight is 408 g/mol. The first kappa shape index (κ1) is 16.2. The zero-order valence-corrected chi connectivity index (χ0v) is 15.8. The van der Waals surface area contributed by atoms with Crippen molar-refractivity contribution >= 4 is 49.9 Å². The van der Waals surface area contributed by atoms with E-state index in [4.69, 9.17) is 4.74 Å². The molecule has 0 saturated carbocycles. The predicted octanol–water partition coefficient (Wildman–Crippen LogP) is 5.40. The number of thiophene rings is 1. The van der Waals surface area contributed by atoms with Gasteiger partial charge in [-0.1, -0.05) is 22.0 Å². The van der Waals surface area contributed by atoms with Gasteiger partial charge in [-0.15, -0.1) is 22.7 Å². The van der Waals surface area contributed by atoms with Crippen LogP contribution in [0, 0.1) is 6.92 Å². The van der Waals surface area contributed by atoms with E-state index in [1.807, 2.05) is 24.3 Å². The molecule has 1 N–H and O–H groups in total. The van der Waals surface area contributed by atoms with Crippen LogP contribution >= 0.6 is 38.6 Å². The van der Waals surface area contributed by atoms with Crippen molar-refractivity contribution < 1.29 is 4.74 Å². The summed E-state index contributed by atoms with van der Waals surface area (Å²) in [6, 6.07) is 9.89. The number of methoxy groups -OCH3 is 1. The third-order valence-corrected chi connectivity index (χ3v) is 5.35. The van der Waals surface area contributed by atoms with Crippen molar-refractivity contribution in [3.05, 3.63) is 50.6 Å². The quantitative estimate of drug-likeness (QED) is 0.454. The largest absolute Gasteiger partial charge is 0.496 e. The molecule has 0 unspecified atom stereocenters. The van der Waals surface area contributed by atoms with E-state index >= 15 is 0 Å². The molecule has 23 heavy (non-hydrogen) atoms. The maximum atomic E-state index is 5.32. The number of nitrogens with one attached hydrogen (secondary N) is 1. The highest BCUT2D eigenvalue weighted by Gasteiger charge is 2.10. The van der Waals surface area contributed by atoms with E-state index in [-0.39, 0.29) is 0 Å². The molecule has 0 amide bonds. The first-order valence-corrected chi connectivity index (χ1v) is 9.30. The Bertz CT molecular complexity index is 828. The molecule has 0 aliphatic heterocycles. The molecule has 0 fully saturated rings. The SMILES string of the molecule is COc1ccc(Br)cc1/C=N\Nc1nc(-c2cccs2)c(C)s1. The van der Waals surface area contributed by atoms with Crippen LogP contribution in [0.25, 0.3) is 10.6 Å². The number of halogens is 1. The second kappa shape index (κ2) is 7.25. The van der Waals surface area contributed by atoms with Crippen molar-refractivity contribution in [3.63, 3.8) is 0 Å². The van der Waals surface area contributed by atoms with E-state index < -0.39 is 0 Å². The predicted molar refractivity (Wildman–Crippen MR) is 102 cm³/mol. The lowest BCUT2D eigenvalue weighted by Gasteiger charge is -2.04. The molecular weight excluding hydrogens is 394 g/mol. The second-order valence-corrected chi connectivity index (χ2v) is 7.72. The molecule has 3 aromatic rings. The van der Waals surface area contributed by atoms with Gasteiger partial charge in [-0.3, -0.25) is 5.43 Å². The van der Waals surface area contributed by atoms with Crippen LogP contribution in [-0.4, -0.2) is 18.3 Å². The fourth-order valence-corrected chi connectivity index (χ4v) is 4.04. The first-order valence-electron chi connectivity index (χ1n) is 6.81. The molecule has 7 heteroatoms. The summed E-state index contributed by atoms with van der Waals surface area (Å²) in [5.41, 5.74) is 4.90. The van der Waals surface area contributed by atoms with Gasteiger partial charge in [-0.05, 0) is 36.6 Å². The van der Waals surface area contributed by atoms with E-state index in [0.29, 0.717) is 0 Å². The number of aryl methyl sites for hydroxylation is 1. The molecule has 0 radical (unpaired) electrons. The Morgan fingerprint density at radius 2 is 2.22 bits per heavy atom. The smallest absolute Gasteiger partial charge is 0.204 e. The third kappa shape index (κ3) is 3.80. The molecule has 0 aliphatic carbocycles. The van der Waals surface area contributed by atoms with Crippen molar-refractivity contribution in [3.8, 4) is 16.3 Å². The second-order valence-electron chi connectivity index (χ2n) is 4.66. The van der Waals surface area contributed by atoms with Crippen molar-refractivity contribution in [1.29, 1.82) is 0 Å². The summed E-state index contributed by atoms with van der Waals surface area (Å²) < 4.78 is 6.30. The van der Waals surface area contributed by atoms with Crippen LogP contribution in [0.2, 0.25) is 0 Å². The summed E-state index contributed by atoms with van der Waals surface area (Å²) >= 11 is 6.73. The van der Waals surface area contributed by atoms with Gasteiger partial charge < -0.3 is 4.74 Å². The zero-order valence-electron chi connectivity index (χ0n) is 12.5. The van der Waals surface area contributed by atoms with E-state index in [9.17, 15) is 0 Å². The molecule has 118 valence electrons. The van der Waals surface area contributed by atoms with Crippen LogP contribution in [0.4, 0.5) is 5.13 Å². The van der Waals surface area contributed by atoms with Gasteiger partial charge in [0.25, 0.3) is 0 Å². The highest BCUT2D eigenvalue weighted by atomic mass is 79.9. The number of hydrazone groups is 1. The maximum absolute atomic E-state index is 5.32. The van der Waals surface area contributed by atoms with E-state index in [1.54, 1.807) is 36.0 Å². The van der Waals surface area contributed by atoms with Gasteiger partial charge in [0.05, 0.1) is 23.9 Å². The Morgan fingerprint density at radius 1 is 1.35 bits per heavy atom. The topological polar surface area (TPSA) is 46.5 Å². The number of benzene rings is 1. The maximum Gasteiger partial charge on any atom is 0.204 e. The fraction of sp³-hybridized carbons (Fsp3) is 0.125. The van der Waals surface area contributed by atoms with E-state index in [2.05, 4.69) is 49.8 Å². The molecule has 2 aromatic heterocycles. The number of nitrogens with zero attached hydrogens (tertiary/aromatic N) is 2. The lowest BCUT2D eigenvalue weighted by Crippen LogP contribution is -1.94. The zero-order chi connectivity index (χ0) is 16.2. The average Bonchev–Trinajstić information content (AvgIpc) is 3.17. The van der Waals surface area contributed by atoms with Crippen LogP contribution in [0.15, 0.2) is 45.3 Å². The lowest BCUT2D eigenvalue weighted by molar-refractivity contribution is 0.414. The summed E-state index contributed by atoms with van der Waals surface area (Å²) in [5, 5.41) is 7.10. The Labute approximate surface area is 151 Å². The number of ether oxygens (including phenoxy) is 1. The lowest BCUT2D eigenvalue weighted by atomic mass is 10.2. The van der Waals surface area contributed by atoms with Gasteiger partial charge in [-0.25, -0.2) is 4.98 Å². The molecule has 0 saturated heterocycles. The minimum atomic E-state index is 0.772. The summed E-state index contributed by atoms with van der Waals surface area (Å²) in [7, 11) is 1.64. The fourth-order valence-electron chi connectivity index (χ4n) is 2.05. The van der Waals surface area contributed by atoms with Crippen LogP contribution in [0.3, 0.4) is 0 Å². The van der Waals surface area contributed by atoms with Crippen LogP contribution in [0.5, 0.6) is 5.75 Å². The Hall–Kier alpha value is -1.70. The van der Waals surface area contributed by atoms with Gasteiger partial charge in [0.1, 0.15) is 5.75 Å². The third-order valence-electron chi connectivity index (χ3n) is 3.11. The van der Waals surface area contributed by atoms with Crippen LogP contribution < -0.4 is 10.2 Å².